The fourth-order valence-corrected chi connectivity index (χ4v) is 4.79. The van der Waals surface area contributed by atoms with Crippen molar-refractivity contribution in [2.24, 2.45) is 0 Å². The average Bonchev–Trinajstić information content (AvgIpc) is 3.33. The Hall–Kier alpha value is -2.97. The number of benzene rings is 1. The summed E-state index contributed by atoms with van der Waals surface area (Å²) in [6.07, 6.45) is 1.14. The van der Waals surface area contributed by atoms with E-state index in [2.05, 4.69) is 16.8 Å². The van der Waals surface area contributed by atoms with Gasteiger partial charge in [-0.1, -0.05) is 24.3 Å². The zero-order chi connectivity index (χ0) is 21.9. The Kier molecular flexibility index (Phi) is 6.05. The molecule has 1 amide bonds. The normalized spacial score (nSPS) is 16.7. The lowest BCUT2D eigenvalue weighted by molar-refractivity contribution is -0.131. The monoisotopic (exact) mass is 449 g/mol. The van der Waals surface area contributed by atoms with Crippen LogP contribution < -0.4 is 9.64 Å². The highest BCUT2D eigenvalue weighted by atomic mass is 32.1. The number of amides is 1. The molecule has 0 atom stereocenters. The summed E-state index contributed by atoms with van der Waals surface area (Å²) in [4.78, 5) is 30.2. The predicted molar refractivity (Wildman–Crippen MR) is 125 cm³/mol. The van der Waals surface area contributed by atoms with Crippen LogP contribution in [0.5, 0.6) is 11.6 Å². The van der Waals surface area contributed by atoms with Crippen molar-refractivity contribution in [3.63, 3.8) is 0 Å². The van der Waals surface area contributed by atoms with Crippen LogP contribution in [0, 0.1) is 0 Å². The first-order valence-electron chi connectivity index (χ1n) is 11.0. The molecule has 0 spiro atoms. The van der Waals surface area contributed by atoms with E-state index in [4.69, 9.17) is 14.7 Å². The van der Waals surface area contributed by atoms with Crippen LogP contribution in [0.15, 0.2) is 47.8 Å². The number of aromatic nitrogens is 2. The van der Waals surface area contributed by atoms with Gasteiger partial charge in [0.2, 0.25) is 17.7 Å². The maximum Gasteiger partial charge on any atom is 0.229 e. The van der Waals surface area contributed by atoms with Gasteiger partial charge in [0.15, 0.2) is 0 Å². The van der Waals surface area contributed by atoms with Crippen LogP contribution in [0.2, 0.25) is 0 Å². The minimum atomic E-state index is 0.131. The summed E-state index contributed by atoms with van der Waals surface area (Å²) in [5.74, 6) is 2.15. The van der Waals surface area contributed by atoms with Gasteiger partial charge in [0.05, 0.1) is 24.2 Å². The van der Waals surface area contributed by atoms with Gasteiger partial charge < -0.3 is 19.4 Å². The molecule has 5 rings (SSSR count). The number of thiophene rings is 1. The summed E-state index contributed by atoms with van der Waals surface area (Å²) in [6, 6.07) is 13.7. The van der Waals surface area contributed by atoms with Crippen LogP contribution in [-0.4, -0.2) is 65.4 Å². The third kappa shape index (κ3) is 4.61. The number of nitrogens with zero attached hydrogens (tertiary/aromatic N) is 5. The Morgan fingerprint density at radius 2 is 1.84 bits per heavy atom. The Morgan fingerprint density at radius 3 is 2.59 bits per heavy atom. The Balaban J connectivity index is 1.43. The van der Waals surface area contributed by atoms with Crippen LogP contribution in [-0.2, 0) is 24.2 Å². The highest BCUT2D eigenvalue weighted by Gasteiger charge is 2.28. The Labute approximate surface area is 192 Å². The number of hydrogen-bond donors (Lipinski definition) is 0. The first kappa shape index (κ1) is 20.9. The largest absolute Gasteiger partial charge is 0.438 e. The second kappa shape index (κ2) is 9.26. The van der Waals surface area contributed by atoms with E-state index in [1.807, 2.05) is 52.7 Å². The van der Waals surface area contributed by atoms with Crippen LogP contribution in [0.3, 0.4) is 0 Å². The van der Waals surface area contributed by atoms with Gasteiger partial charge in [-0.25, -0.2) is 4.98 Å². The van der Waals surface area contributed by atoms with Crippen molar-refractivity contribution in [2.75, 3.05) is 44.7 Å². The van der Waals surface area contributed by atoms with Crippen LogP contribution >= 0.6 is 11.3 Å². The topological polar surface area (TPSA) is 61.8 Å². The molecule has 8 heteroatoms. The van der Waals surface area contributed by atoms with Crippen molar-refractivity contribution in [3.05, 3.63) is 64.0 Å². The molecule has 32 heavy (non-hydrogen) atoms. The molecule has 0 unspecified atom stereocenters. The van der Waals surface area contributed by atoms with Crippen molar-refractivity contribution in [1.82, 2.24) is 19.8 Å². The quantitative estimate of drug-likeness (QED) is 0.596. The number of para-hydroxylation sites is 1. The SMILES string of the molecule is CN1CCN(c2nc3c(c(Oc4ccccc4)n2)CN(C(=O)Cc2cccs2)CC3)CC1. The van der Waals surface area contributed by atoms with Crippen LogP contribution in [0.4, 0.5) is 5.95 Å². The smallest absolute Gasteiger partial charge is 0.229 e. The van der Waals surface area contributed by atoms with Gasteiger partial charge in [-0.2, -0.15) is 4.98 Å². The molecule has 1 aromatic carbocycles. The maximum absolute atomic E-state index is 12.9. The summed E-state index contributed by atoms with van der Waals surface area (Å²) < 4.78 is 6.24. The summed E-state index contributed by atoms with van der Waals surface area (Å²) >= 11 is 1.62. The lowest BCUT2D eigenvalue weighted by Crippen LogP contribution is -2.45. The van der Waals surface area contributed by atoms with E-state index in [9.17, 15) is 4.79 Å². The number of ether oxygens (including phenoxy) is 1. The molecule has 2 aromatic heterocycles. The van der Waals surface area contributed by atoms with E-state index >= 15 is 0 Å². The zero-order valence-corrected chi connectivity index (χ0v) is 19.1. The van der Waals surface area contributed by atoms with Gasteiger partial charge in [0.1, 0.15) is 5.75 Å². The van der Waals surface area contributed by atoms with Crippen molar-refractivity contribution in [2.45, 2.75) is 19.4 Å². The Bertz CT molecular complexity index is 1070. The molecule has 0 radical (unpaired) electrons. The fourth-order valence-electron chi connectivity index (χ4n) is 4.09. The summed E-state index contributed by atoms with van der Waals surface area (Å²) in [7, 11) is 2.14. The van der Waals surface area contributed by atoms with Gasteiger partial charge in [0, 0.05) is 44.0 Å². The second-order valence-corrected chi connectivity index (χ2v) is 9.31. The molecule has 4 heterocycles. The van der Waals surface area contributed by atoms with Gasteiger partial charge in [-0.15, -0.1) is 11.3 Å². The lowest BCUT2D eigenvalue weighted by atomic mass is 10.1. The summed E-state index contributed by atoms with van der Waals surface area (Å²) in [6.45, 7) is 4.91. The second-order valence-electron chi connectivity index (χ2n) is 8.28. The summed E-state index contributed by atoms with van der Waals surface area (Å²) in [5, 5.41) is 2.01. The van der Waals surface area contributed by atoms with Gasteiger partial charge in [-0.3, -0.25) is 4.79 Å². The number of hydrogen-bond acceptors (Lipinski definition) is 7. The van der Waals surface area contributed by atoms with E-state index in [1.54, 1.807) is 11.3 Å². The maximum atomic E-state index is 12.9. The van der Waals surface area contributed by atoms with E-state index in [0.29, 0.717) is 31.8 Å². The molecule has 7 nitrogen and oxygen atoms in total. The number of rotatable bonds is 5. The lowest BCUT2D eigenvalue weighted by Gasteiger charge is -2.34. The Morgan fingerprint density at radius 1 is 1.03 bits per heavy atom. The van der Waals surface area contributed by atoms with Crippen molar-refractivity contribution in [3.8, 4) is 11.6 Å². The minimum Gasteiger partial charge on any atom is -0.438 e. The molecule has 0 N–H and O–H groups in total. The highest BCUT2D eigenvalue weighted by Crippen LogP contribution is 2.32. The molecular formula is C24H27N5O2S. The fraction of sp³-hybridized carbons (Fsp3) is 0.375. The number of carbonyl (C=O) groups is 1. The van der Waals surface area contributed by atoms with E-state index in [0.717, 1.165) is 54.0 Å². The molecule has 1 fully saturated rings. The van der Waals surface area contributed by atoms with E-state index < -0.39 is 0 Å². The van der Waals surface area contributed by atoms with Gasteiger partial charge >= 0.3 is 0 Å². The molecule has 0 bridgehead atoms. The van der Waals surface area contributed by atoms with Crippen LogP contribution in [0.25, 0.3) is 0 Å². The number of piperazine rings is 1. The number of likely N-dealkylation sites (N-methyl/N-ethyl adjacent to an activating group) is 1. The number of anilines is 1. The van der Waals surface area contributed by atoms with Crippen LogP contribution in [0.1, 0.15) is 16.1 Å². The molecule has 2 aliphatic heterocycles. The molecule has 0 saturated carbocycles. The van der Waals surface area contributed by atoms with E-state index in [1.165, 1.54) is 0 Å². The average molecular weight is 450 g/mol. The summed E-state index contributed by atoms with van der Waals surface area (Å²) in [5.41, 5.74) is 1.90. The first-order valence-corrected chi connectivity index (χ1v) is 11.9. The standard InChI is InChI=1S/C24H27N5O2S/c1-27-11-13-28(14-12-27)24-25-21-9-10-29(22(30)16-19-8-5-15-32-19)17-20(21)23(26-24)31-18-6-3-2-4-7-18/h2-8,15H,9-14,16-17H2,1H3. The molecule has 0 aliphatic carbocycles. The van der Waals surface area contributed by atoms with Crippen molar-refractivity contribution in [1.29, 1.82) is 0 Å². The molecule has 3 aromatic rings. The van der Waals surface area contributed by atoms with Gasteiger partial charge in [0.25, 0.3) is 0 Å². The third-order valence-corrected chi connectivity index (χ3v) is 6.89. The number of carbonyl (C=O) groups excluding carboxylic acids is 1. The minimum absolute atomic E-state index is 0.131. The van der Waals surface area contributed by atoms with Crippen molar-refractivity contribution >= 4 is 23.2 Å². The molecule has 166 valence electrons. The molecule has 1 saturated heterocycles. The third-order valence-electron chi connectivity index (χ3n) is 6.01. The molecular weight excluding hydrogens is 422 g/mol. The van der Waals surface area contributed by atoms with Gasteiger partial charge in [-0.05, 0) is 30.6 Å². The van der Waals surface area contributed by atoms with E-state index in [-0.39, 0.29) is 5.91 Å². The number of fused-ring (bicyclic) bond motifs is 1. The predicted octanol–water partition coefficient (Wildman–Crippen LogP) is 3.21. The zero-order valence-electron chi connectivity index (χ0n) is 18.2. The molecule has 2 aliphatic rings. The first-order chi connectivity index (χ1) is 15.7. The highest BCUT2D eigenvalue weighted by molar-refractivity contribution is 7.10. The van der Waals surface area contributed by atoms with Crippen molar-refractivity contribution < 1.29 is 9.53 Å².